The molecule has 2 fully saturated rings. The van der Waals surface area contributed by atoms with Crippen LogP contribution in [0.15, 0.2) is 18.2 Å². The van der Waals surface area contributed by atoms with Crippen LogP contribution in [-0.2, 0) is 4.79 Å². The summed E-state index contributed by atoms with van der Waals surface area (Å²) in [4.78, 5) is 27.1. The maximum Gasteiger partial charge on any atom is 0.271 e. The number of hydrogen-bond acceptors (Lipinski definition) is 5. The number of carbonyl (C=O) groups excluding carboxylic acids is 1. The van der Waals surface area contributed by atoms with E-state index in [0.717, 1.165) is 26.2 Å². The summed E-state index contributed by atoms with van der Waals surface area (Å²) in [6.45, 7) is 4.20. The molecule has 0 aliphatic carbocycles. The standard InChI is InChI=1S/C15H19ClN4O3/c16-13-4-3-11(20(22)23)8-14(13)17-15(21)10-18-6-7-19-5-1-2-12(19)9-18/h3-4,8,12H,1-2,5-7,9-10H2,(H,17,21)/t12-/m1/s1. The van der Waals surface area contributed by atoms with Gasteiger partial charge in [0, 0.05) is 37.8 Å². The molecule has 0 aromatic heterocycles. The molecule has 0 radical (unpaired) electrons. The summed E-state index contributed by atoms with van der Waals surface area (Å²) in [5.74, 6) is -0.196. The number of rotatable bonds is 4. The number of fused-ring (bicyclic) bond motifs is 1. The smallest absolute Gasteiger partial charge is 0.271 e. The molecular formula is C15H19ClN4O3. The Hall–Kier alpha value is -1.70. The first-order valence-electron chi connectivity index (χ1n) is 7.73. The van der Waals surface area contributed by atoms with Crippen molar-refractivity contribution in [3.63, 3.8) is 0 Å². The van der Waals surface area contributed by atoms with Crippen molar-refractivity contribution in [3.05, 3.63) is 33.3 Å². The lowest BCUT2D eigenvalue weighted by molar-refractivity contribution is -0.384. The first-order valence-corrected chi connectivity index (χ1v) is 8.11. The van der Waals surface area contributed by atoms with Crippen LogP contribution in [0.5, 0.6) is 0 Å². The molecule has 1 aromatic rings. The number of nitrogens with zero attached hydrogens (tertiary/aromatic N) is 3. The van der Waals surface area contributed by atoms with E-state index in [2.05, 4.69) is 15.1 Å². The van der Waals surface area contributed by atoms with Gasteiger partial charge in [-0.3, -0.25) is 24.7 Å². The number of nitro groups is 1. The number of nitro benzene ring substituents is 1. The van der Waals surface area contributed by atoms with Gasteiger partial charge in [0.25, 0.3) is 5.69 Å². The molecule has 1 N–H and O–H groups in total. The van der Waals surface area contributed by atoms with E-state index >= 15 is 0 Å². The van der Waals surface area contributed by atoms with Crippen LogP contribution in [-0.4, -0.2) is 59.4 Å². The summed E-state index contributed by atoms with van der Waals surface area (Å²) in [5, 5.41) is 13.8. The van der Waals surface area contributed by atoms with E-state index in [-0.39, 0.29) is 23.8 Å². The van der Waals surface area contributed by atoms with Crippen LogP contribution in [0.3, 0.4) is 0 Å². The Morgan fingerprint density at radius 2 is 2.22 bits per heavy atom. The summed E-state index contributed by atoms with van der Waals surface area (Å²) < 4.78 is 0. The van der Waals surface area contributed by atoms with Crippen LogP contribution in [0.4, 0.5) is 11.4 Å². The highest BCUT2D eigenvalue weighted by Crippen LogP contribution is 2.27. The number of benzene rings is 1. The van der Waals surface area contributed by atoms with Crippen LogP contribution in [0.25, 0.3) is 0 Å². The Morgan fingerprint density at radius 1 is 1.39 bits per heavy atom. The zero-order valence-corrected chi connectivity index (χ0v) is 13.5. The average molecular weight is 339 g/mol. The Balaban J connectivity index is 1.59. The van der Waals surface area contributed by atoms with Crippen molar-refractivity contribution in [2.24, 2.45) is 0 Å². The number of hydrogen-bond donors (Lipinski definition) is 1. The maximum absolute atomic E-state index is 12.2. The number of non-ortho nitro benzene ring substituents is 1. The second-order valence-electron chi connectivity index (χ2n) is 6.04. The molecule has 7 nitrogen and oxygen atoms in total. The molecule has 3 rings (SSSR count). The minimum absolute atomic E-state index is 0.0933. The van der Waals surface area contributed by atoms with E-state index in [1.165, 1.54) is 31.0 Å². The van der Waals surface area contributed by atoms with Gasteiger partial charge in [-0.2, -0.15) is 0 Å². The fourth-order valence-electron chi connectivity index (χ4n) is 3.31. The van der Waals surface area contributed by atoms with Crippen molar-refractivity contribution in [2.45, 2.75) is 18.9 Å². The molecule has 0 bridgehead atoms. The summed E-state index contributed by atoms with van der Waals surface area (Å²) in [6.07, 6.45) is 2.42. The van der Waals surface area contributed by atoms with E-state index in [1.54, 1.807) is 0 Å². The van der Waals surface area contributed by atoms with E-state index in [1.807, 2.05) is 0 Å². The Kier molecular flexibility index (Phi) is 4.79. The molecule has 23 heavy (non-hydrogen) atoms. The van der Waals surface area contributed by atoms with Gasteiger partial charge in [-0.25, -0.2) is 0 Å². The summed E-state index contributed by atoms with van der Waals surface area (Å²) in [5.41, 5.74) is 0.189. The molecule has 2 aliphatic rings. The van der Waals surface area contributed by atoms with Crippen LogP contribution in [0.1, 0.15) is 12.8 Å². The monoisotopic (exact) mass is 338 g/mol. The number of carbonyl (C=O) groups is 1. The summed E-state index contributed by atoms with van der Waals surface area (Å²) in [7, 11) is 0. The predicted molar refractivity (Wildman–Crippen MR) is 87.8 cm³/mol. The van der Waals surface area contributed by atoms with Crippen molar-refractivity contribution in [2.75, 3.05) is 38.0 Å². The van der Waals surface area contributed by atoms with Gasteiger partial charge >= 0.3 is 0 Å². The second-order valence-corrected chi connectivity index (χ2v) is 6.44. The van der Waals surface area contributed by atoms with Crippen molar-refractivity contribution in [3.8, 4) is 0 Å². The van der Waals surface area contributed by atoms with Gasteiger partial charge < -0.3 is 5.32 Å². The second kappa shape index (κ2) is 6.82. The average Bonchev–Trinajstić information content (AvgIpc) is 2.96. The molecule has 1 aromatic carbocycles. The van der Waals surface area contributed by atoms with Crippen molar-refractivity contribution in [1.82, 2.24) is 9.80 Å². The van der Waals surface area contributed by atoms with E-state index in [9.17, 15) is 14.9 Å². The highest BCUT2D eigenvalue weighted by molar-refractivity contribution is 6.33. The topological polar surface area (TPSA) is 78.7 Å². The molecular weight excluding hydrogens is 320 g/mol. The first kappa shape index (κ1) is 16.2. The molecule has 1 atom stereocenters. The fourth-order valence-corrected chi connectivity index (χ4v) is 3.48. The fraction of sp³-hybridized carbons (Fsp3) is 0.533. The molecule has 2 heterocycles. The zero-order valence-electron chi connectivity index (χ0n) is 12.7. The maximum atomic E-state index is 12.2. The Bertz CT molecular complexity index is 625. The summed E-state index contributed by atoms with van der Waals surface area (Å²) >= 11 is 6.00. The van der Waals surface area contributed by atoms with Gasteiger partial charge in [-0.1, -0.05) is 11.6 Å². The van der Waals surface area contributed by atoms with Gasteiger partial charge in [0.2, 0.25) is 5.91 Å². The van der Waals surface area contributed by atoms with E-state index in [0.29, 0.717) is 11.1 Å². The lowest BCUT2D eigenvalue weighted by atomic mass is 10.1. The van der Waals surface area contributed by atoms with Crippen LogP contribution in [0.2, 0.25) is 5.02 Å². The zero-order chi connectivity index (χ0) is 16.4. The van der Waals surface area contributed by atoms with Gasteiger partial charge in [0.05, 0.1) is 22.2 Å². The molecule has 124 valence electrons. The Labute approximate surface area is 139 Å². The number of nitrogens with one attached hydrogen (secondary N) is 1. The van der Waals surface area contributed by atoms with Crippen LogP contribution >= 0.6 is 11.6 Å². The van der Waals surface area contributed by atoms with Crippen molar-refractivity contribution >= 4 is 28.9 Å². The van der Waals surface area contributed by atoms with Crippen molar-refractivity contribution in [1.29, 1.82) is 0 Å². The third-order valence-electron chi connectivity index (χ3n) is 4.47. The van der Waals surface area contributed by atoms with Gasteiger partial charge in [-0.05, 0) is 25.5 Å². The SMILES string of the molecule is O=C(CN1CCN2CCC[C@@H]2C1)Nc1cc([N+](=O)[O-])ccc1Cl. The molecule has 0 spiro atoms. The van der Waals surface area contributed by atoms with Gasteiger partial charge in [0.15, 0.2) is 0 Å². The normalized spacial score (nSPS) is 21.9. The minimum Gasteiger partial charge on any atom is -0.323 e. The van der Waals surface area contributed by atoms with Crippen molar-refractivity contribution < 1.29 is 9.72 Å². The number of amides is 1. The van der Waals surface area contributed by atoms with Gasteiger partial charge in [-0.15, -0.1) is 0 Å². The highest BCUT2D eigenvalue weighted by atomic mass is 35.5. The molecule has 1 amide bonds. The van der Waals surface area contributed by atoms with Gasteiger partial charge in [0.1, 0.15) is 0 Å². The van der Waals surface area contributed by atoms with E-state index < -0.39 is 4.92 Å². The lowest BCUT2D eigenvalue weighted by Gasteiger charge is -2.37. The molecule has 2 aliphatic heterocycles. The largest absolute Gasteiger partial charge is 0.323 e. The predicted octanol–water partition coefficient (Wildman–Crippen LogP) is 1.97. The molecule has 0 saturated carbocycles. The molecule has 0 unspecified atom stereocenters. The Morgan fingerprint density at radius 3 is 3.00 bits per heavy atom. The number of halogens is 1. The number of piperazine rings is 1. The quantitative estimate of drug-likeness (QED) is 0.670. The van der Waals surface area contributed by atoms with Crippen LogP contribution in [0, 0.1) is 10.1 Å². The first-order chi connectivity index (χ1) is 11.0. The highest BCUT2D eigenvalue weighted by Gasteiger charge is 2.31. The minimum atomic E-state index is -0.509. The van der Waals surface area contributed by atoms with Crippen LogP contribution < -0.4 is 5.32 Å². The molecule has 8 heteroatoms. The summed E-state index contributed by atoms with van der Waals surface area (Å²) in [6, 6.07) is 4.58. The number of anilines is 1. The third-order valence-corrected chi connectivity index (χ3v) is 4.80. The third kappa shape index (κ3) is 3.80. The van der Waals surface area contributed by atoms with E-state index in [4.69, 9.17) is 11.6 Å². The lowest BCUT2D eigenvalue weighted by Crippen LogP contribution is -2.51. The molecule has 2 saturated heterocycles.